The van der Waals surface area contributed by atoms with E-state index in [4.69, 9.17) is 4.99 Å². The molecule has 0 bridgehead atoms. The van der Waals surface area contributed by atoms with Crippen molar-refractivity contribution in [2.24, 2.45) is 4.99 Å². The summed E-state index contributed by atoms with van der Waals surface area (Å²) in [6, 6.07) is 7.33. The van der Waals surface area contributed by atoms with Gasteiger partial charge in [0.05, 0.1) is 6.54 Å². The van der Waals surface area contributed by atoms with Crippen molar-refractivity contribution in [3.05, 3.63) is 46.8 Å². The molecule has 29 heavy (non-hydrogen) atoms. The molecule has 1 aromatic carbocycles. The Morgan fingerprint density at radius 2 is 1.79 bits per heavy atom. The van der Waals surface area contributed by atoms with Gasteiger partial charge in [-0.1, -0.05) is 31.2 Å². The molecule has 1 saturated heterocycles. The number of amides is 3. The first-order chi connectivity index (χ1) is 13.8. The summed E-state index contributed by atoms with van der Waals surface area (Å²) in [5, 5.41) is 0. The Kier molecular flexibility index (Phi) is 4.63. The lowest BCUT2D eigenvalue weighted by molar-refractivity contribution is -0.137. The Labute approximate surface area is 172 Å². The number of likely N-dealkylation sites (N-methyl/N-ethyl adjacent to an activating group) is 1. The monoisotopic (exact) mass is 395 g/mol. The number of urea groups is 1. The number of carbonyl (C=O) groups is 2. The smallest absolute Gasteiger partial charge is 0.312 e. The van der Waals surface area contributed by atoms with Gasteiger partial charge in [-0.3, -0.25) is 14.6 Å². The number of carbonyl (C=O) groups excluding carboxylic acids is 2. The molecule has 4 rings (SSSR count). The van der Waals surface area contributed by atoms with Crippen LogP contribution in [0.1, 0.15) is 45.2 Å². The number of guanidine groups is 1. The molecular weight excluding hydrogens is 366 g/mol. The standard InChI is InChI=1S/C22H29N5O2/c1-7-14(3)26-15(4)16(5)27-18-19(23-21(26)27)24(6)22(29)25(20(18)28)12-17-11-9-8-10-13(17)2/h8-11,14,18-19H,7,12H2,1-6H3. The first-order valence-electron chi connectivity index (χ1n) is 10.2. The summed E-state index contributed by atoms with van der Waals surface area (Å²) >= 11 is 0. The molecule has 7 nitrogen and oxygen atoms in total. The normalized spacial score (nSPS) is 25.0. The predicted molar refractivity (Wildman–Crippen MR) is 112 cm³/mol. The lowest BCUT2D eigenvalue weighted by Crippen LogP contribution is -2.64. The zero-order valence-electron chi connectivity index (χ0n) is 18.0. The van der Waals surface area contributed by atoms with Crippen LogP contribution < -0.4 is 0 Å². The number of rotatable bonds is 4. The van der Waals surface area contributed by atoms with Crippen molar-refractivity contribution in [1.82, 2.24) is 19.6 Å². The largest absolute Gasteiger partial charge is 0.328 e. The van der Waals surface area contributed by atoms with E-state index in [0.717, 1.165) is 34.9 Å². The fraction of sp³-hybridized carbons (Fsp3) is 0.500. The highest BCUT2D eigenvalue weighted by Crippen LogP contribution is 2.39. The second kappa shape index (κ2) is 6.90. The van der Waals surface area contributed by atoms with Crippen LogP contribution in [0.2, 0.25) is 0 Å². The third kappa shape index (κ3) is 2.74. The second-order valence-electron chi connectivity index (χ2n) is 8.20. The summed E-state index contributed by atoms with van der Waals surface area (Å²) < 4.78 is 0. The van der Waals surface area contributed by atoms with Crippen LogP contribution >= 0.6 is 0 Å². The fourth-order valence-corrected chi connectivity index (χ4v) is 4.45. The first-order valence-corrected chi connectivity index (χ1v) is 10.2. The third-order valence-corrected chi connectivity index (χ3v) is 6.56. The van der Waals surface area contributed by atoms with E-state index >= 15 is 0 Å². The van der Waals surface area contributed by atoms with Gasteiger partial charge in [-0.05, 0) is 45.2 Å². The highest BCUT2D eigenvalue weighted by atomic mass is 16.2. The minimum Gasteiger partial charge on any atom is -0.312 e. The zero-order valence-corrected chi connectivity index (χ0v) is 18.0. The van der Waals surface area contributed by atoms with E-state index in [1.165, 1.54) is 4.90 Å². The van der Waals surface area contributed by atoms with Crippen LogP contribution in [-0.4, -0.2) is 62.8 Å². The summed E-state index contributed by atoms with van der Waals surface area (Å²) in [7, 11) is 1.74. The Bertz CT molecular complexity index is 937. The molecule has 154 valence electrons. The quantitative estimate of drug-likeness (QED) is 0.786. The number of aliphatic imine (C=N–C) groups is 1. The van der Waals surface area contributed by atoms with Gasteiger partial charge < -0.3 is 9.80 Å². The van der Waals surface area contributed by atoms with Crippen LogP contribution in [0.5, 0.6) is 0 Å². The SMILES string of the molecule is CCC(C)N1C2=NC3C(C(=O)N(Cc4ccccc4C)C(=O)N3C)N2C(C)=C1C. The van der Waals surface area contributed by atoms with E-state index in [0.29, 0.717) is 0 Å². The molecule has 0 aliphatic carbocycles. The van der Waals surface area contributed by atoms with Crippen LogP contribution in [0.3, 0.4) is 0 Å². The molecule has 3 atom stereocenters. The van der Waals surface area contributed by atoms with E-state index < -0.39 is 12.2 Å². The summed E-state index contributed by atoms with van der Waals surface area (Å²) in [5.74, 6) is 0.605. The Balaban J connectivity index is 1.70. The van der Waals surface area contributed by atoms with Gasteiger partial charge in [0.15, 0.2) is 12.2 Å². The molecule has 3 heterocycles. The van der Waals surface area contributed by atoms with Crippen molar-refractivity contribution in [2.45, 2.75) is 65.8 Å². The molecule has 3 aliphatic rings. The van der Waals surface area contributed by atoms with Crippen molar-refractivity contribution in [1.29, 1.82) is 0 Å². The van der Waals surface area contributed by atoms with Crippen molar-refractivity contribution >= 4 is 17.9 Å². The molecule has 0 radical (unpaired) electrons. The van der Waals surface area contributed by atoms with Gasteiger partial charge in [0.25, 0.3) is 5.91 Å². The molecule has 1 aromatic rings. The number of aryl methyl sites for hydroxylation is 1. The number of fused-ring (bicyclic) bond motifs is 3. The predicted octanol–water partition coefficient (Wildman–Crippen LogP) is 3.12. The number of benzene rings is 1. The minimum absolute atomic E-state index is 0.182. The lowest BCUT2D eigenvalue weighted by Gasteiger charge is -2.41. The summed E-state index contributed by atoms with van der Waals surface area (Å²) in [6.07, 6.45) is 0.474. The van der Waals surface area contributed by atoms with E-state index in [-0.39, 0.29) is 24.5 Å². The Morgan fingerprint density at radius 1 is 1.10 bits per heavy atom. The molecule has 3 amide bonds. The number of hydrogen-bond acceptors (Lipinski definition) is 5. The van der Waals surface area contributed by atoms with E-state index in [9.17, 15) is 9.59 Å². The summed E-state index contributed by atoms with van der Waals surface area (Å²) in [5.41, 5.74) is 4.20. The zero-order chi connectivity index (χ0) is 21.0. The van der Waals surface area contributed by atoms with E-state index in [2.05, 4.69) is 25.7 Å². The maximum atomic E-state index is 13.5. The Hall–Kier alpha value is -2.83. The molecular formula is C22H29N5O2. The minimum atomic E-state index is -0.513. The molecule has 3 unspecified atom stereocenters. The molecule has 0 saturated carbocycles. The van der Waals surface area contributed by atoms with Crippen molar-refractivity contribution in [3.63, 3.8) is 0 Å². The molecule has 1 fully saturated rings. The van der Waals surface area contributed by atoms with E-state index in [1.807, 2.05) is 43.0 Å². The average molecular weight is 396 g/mol. The van der Waals surface area contributed by atoms with Gasteiger partial charge in [0, 0.05) is 24.5 Å². The number of hydrogen-bond donors (Lipinski definition) is 0. The Morgan fingerprint density at radius 3 is 2.45 bits per heavy atom. The third-order valence-electron chi connectivity index (χ3n) is 6.56. The van der Waals surface area contributed by atoms with Gasteiger partial charge in [0.1, 0.15) is 0 Å². The maximum absolute atomic E-state index is 13.5. The summed E-state index contributed by atoms with van der Waals surface area (Å²) in [4.78, 5) is 38.6. The fourth-order valence-electron chi connectivity index (χ4n) is 4.45. The molecule has 0 aromatic heterocycles. The summed E-state index contributed by atoms with van der Waals surface area (Å²) in [6.45, 7) is 10.7. The second-order valence-corrected chi connectivity index (χ2v) is 8.20. The van der Waals surface area contributed by atoms with Crippen LogP contribution in [0.25, 0.3) is 0 Å². The van der Waals surface area contributed by atoms with Gasteiger partial charge >= 0.3 is 6.03 Å². The lowest BCUT2D eigenvalue weighted by atomic mass is 10.1. The van der Waals surface area contributed by atoms with E-state index in [1.54, 1.807) is 11.9 Å². The van der Waals surface area contributed by atoms with Crippen molar-refractivity contribution in [2.75, 3.05) is 7.05 Å². The van der Waals surface area contributed by atoms with Crippen molar-refractivity contribution < 1.29 is 9.59 Å². The average Bonchev–Trinajstić information content (AvgIpc) is 3.20. The van der Waals surface area contributed by atoms with Gasteiger partial charge in [-0.25, -0.2) is 9.79 Å². The highest BCUT2D eigenvalue weighted by molar-refractivity contribution is 6.05. The van der Waals surface area contributed by atoms with Crippen LogP contribution in [0.4, 0.5) is 4.79 Å². The number of allylic oxidation sites excluding steroid dienone is 2. The molecule has 0 spiro atoms. The van der Waals surface area contributed by atoms with Crippen LogP contribution in [0.15, 0.2) is 40.7 Å². The van der Waals surface area contributed by atoms with Crippen LogP contribution in [0, 0.1) is 6.92 Å². The van der Waals surface area contributed by atoms with Gasteiger partial charge in [-0.2, -0.15) is 0 Å². The molecule has 7 heteroatoms. The van der Waals surface area contributed by atoms with Crippen LogP contribution in [-0.2, 0) is 11.3 Å². The van der Waals surface area contributed by atoms with Gasteiger partial charge in [0.2, 0.25) is 5.96 Å². The molecule has 0 N–H and O–H groups in total. The maximum Gasteiger partial charge on any atom is 0.328 e. The van der Waals surface area contributed by atoms with Gasteiger partial charge in [-0.15, -0.1) is 0 Å². The first kappa shape index (κ1) is 19.5. The number of imide groups is 1. The highest BCUT2D eigenvalue weighted by Gasteiger charge is 2.56. The molecule has 3 aliphatic heterocycles. The topological polar surface area (TPSA) is 59.5 Å². The number of nitrogens with zero attached hydrogens (tertiary/aromatic N) is 5. The van der Waals surface area contributed by atoms with Crippen molar-refractivity contribution in [3.8, 4) is 0 Å².